The summed E-state index contributed by atoms with van der Waals surface area (Å²) in [6, 6.07) is 0.534. The fourth-order valence-corrected chi connectivity index (χ4v) is 2.90. The van der Waals surface area contributed by atoms with Gasteiger partial charge in [-0.25, -0.2) is 0 Å². The highest BCUT2D eigenvalue weighted by Crippen LogP contribution is 2.16. The van der Waals surface area contributed by atoms with E-state index in [1.54, 1.807) is 0 Å². The van der Waals surface area contributed by atoms with Gasteiger partial charge in [0.05, 0.1) is 6.54 Å². The van der Waals surface area contributed by atoms with Crippen LogP contribution >= 0.6 is 24.8 Å². The molecular formula is C13H27Cl2N3O2. The first kappa shape index (κ1) is 19.9. The molecule has 0 aromatic rings. The minimum absolute atomic E-state index is 0. The zero-order valence-corrected chi connectivity index (χ0v) is 13.7. The van der Waals surface area contributed by atoms with E-state index in [9.17, 15) is 4.79 Å². The second-order valence-corrected chi connectivity index (χ2v) is 5.57. The summed E-state index contributed by atoms with van der Waals surface area (Å²) in [6.07, 6.45) is 3.20. The summed E-state index contributed by atoms with van der Waals surface area (Å²) in [6.45, 7) is 4.37. The molecule has 0 aromatic heterocycles. The number of amides is 1. The van der Waals surface area contributed by atoms with Crippen LogP contribution < -0.4 is 5.32 Å². The van der Waals surface area contributed by atoms with Gasteiger partial charge in [0.15, 0.2) is 0 Å². The van der Waals surface area contributed by atoms with Crippen molar-refractivity contribution in [3.63, 3.8) is 0 Å². The third kappa shape index (κ3) is 5.37. The van der Waals surface area contributed by atoms with Crippen LogP contribution in [0, 0.1) is 5.92 Å². The first-order chi connectivity index (χ1) is 8.70. The predicted octanol–water partition coefficient (Wildman–Crippen LogP) is 0.355. The number of likely N-dealkylation sites (tertiary alicyclic amines) is 1. The van der Waals surface area contributed by atoms with Crippen molar-refractivity contribution >= 4 is 30.7 Å². The molecule has 0 radical (unpaired) electrons. The van der Waals surface area contributed by atoms with Crippen molar-refractivity contribution in [2.24, 2.45) is 5.92 Å². The molecule has 0 saturated carbocycles. The third-order valence-electron chi connectivity index (χ3n) is 4.21. The monoisotopic (exact) mass is 327 g/mol. The van der Waals surface area contributed by atoms with Gasteiger partial charge in [-0.15, -0.1) is 24.8 Å². The third-order valence-corrected chi connectivity index (χ3v) is 4.21. The van der Waals surface area contributed by atoms with E-state index >= 15 is 0 Å². The number of hydrogen-bond donors (Lipinski definition) is 2. The van der Waals surface area contributed by atoms with E-state index in [-0.39, 0.29) is 43.2 Å². The number of carbonyl (C=O) groups is 1. The second-order valence-electron chi connectivity index (χ2n) is 5.57. The molecule has 120 valence electrons. The molecule has 20 heavy (non-hydrogen) atoms. The lowest BCUT2D eigenvalue weighted by Crippen LogP contribution is -2.46. The molecule has 0 bridgehead atoms. The van der Waals surface area contributed by atoms with E-state index < -0.39 is 0 Å². The Bertz CT molecular complexity index is 289. The molecule has 0 aliphatic carbocycles. The van der Waals surface area contributed by atoms with Crippen LogP contribution in [0.3, 0.4) is 0 Å². The number of hydrogen-bond acceptors (Lipinski definition) is 4. The number of likely N-dealkylation sites (N-methyl/N-ethyl adjacent to an activating group) is 1. The Balaban J connectivity index is 0.00000180. The van der Waals surface area contributed by atoms with Gasteiger partial charge in [-0.2, -0.15) is 0 Å². The van der Waals surface area contributed by atoms with E-state index in [4.69, 9.17) is 5.11 Å². The van der Waals surface area contributed by atoms with Crippen molar-refractivity contribution in [1.82, 2.24) is 15.1 Å². The smallest absolute Gasteiger partial charge is 0.236 e. The molecule has 2 fully saturated rings. The van der Waals surface area contributed by atoms with Gasteiger partial charge < -0.3 is 15.3 Å². The largest absolute Gasteiger partial charge is 0.396 e. The van der Waals surface area contributed by atoms with E-state index in [0.29, 0.717) is 12.6 Å². The van der Waals surface area contributed by atoms with Crippen LogP contribution in [0.1, 0.15) is 19.3 Å². The molecule has 2 rings (SSSR count). The van der Waals surface area contributed by atoms with E-state index in [1.165, 1.54) is 0 Å². The molecule has 5 nitrogen and oxygen atoms in total. The van der Waals surface area contributed by atoms with Crippen molar-refractivity contribution in [3.8, 4) is 0 Å². The van der Waals surface area contributed by atoms with Crippen LogP contribution in [-0.2, 0) is 4.79 Å². The van der Waals surface area contributed by atoms with Crippen molar-refractivity contribution < 1.29 is 9.90 Å². The zero-order valence-electron chi connectivity index (χ0n) is 12.1. The van der Waals surface area contributed by atoms with Gasteiger partial charge in [0.1, 0.15) is 0 Å². The lowest BCUT2D eigenvalue weighted by molar-refractivity contribution is -0.131. The summed E-state index contributed by atoms with van der Waals surface area (Å²) in [5.41, 5.74) is 0. The topological polar surface area (TPSA) is 55.8 Å². The number of piperidine rings is 1. The summed E-state index contributed by atoms with van der Waals surface area (Å²) in [5.74, 6) is 0.505. The number of nitrogens with one attached hydrogen (secondary N) is 1. The Kier molecular flexibility index (Phi) is 9.76. The summed E-state index contributed by atoms with van der Waals surface area (Å²) in [7, 11) is 2.05. The molecule has 1 amide bonds. The van der Waals surface area contributed by atoms with Gasteiger partial charge in [0, 0.05) is 31.7 Å². The molecule has 1 unspecified atom stereocenters. The number of aliphatic hydroxyl groups excluding tert-OH is 1. The summed E-state index contributed by atoms with van der Waals surface area (Å²) < 4.78 is 0. The van der Waals surface area contributed by atoms with Crippen molar-refractivity contribution in [1.29, 1.82) is 0 Å². The molecule has 2 heterocycles. The molecule has 0 spiro atoms. The Labute approximate surface area is 133 Å². The molecule has 0 aromatic carbocycles. The minimum Gasteiger partial charge on any atom is -0.396 e. The molecule has 2 N–H and O–H groups in total. The summed E-state index contributed by atoms with van der Waals surface area (Å²) in [5, 5.41) is 12.4. The van der Waals surface area contributed by atoms with Crippen molar-refractivity contribution in [2.45, 2.75) is 25.3 Å². The predicted molar refractivity (Wildman–Crippen MR) is 84.8 cm³/mol. The maximum absolute atomic E-state index is 12.1. The molecule has 2 aliphatic rings. The molecular weight excluding hydrogens is 301 g/mol. The van der Waals surface area contributed by atoms with Crippen molar-refractivity contribution in [3.05, 3.63) is 0 Å². The Morgan fingerprint density at radius 1 is 1.30 bits per heavy atom. The lowest BCUT2D eigenvalue weighted by atomic mass is 10.1. The van der Waals surface area contributed by atoms with E-state index in [2.05, 4.69) is 10.2 Å². The Hall–Kier alpha value is -0.0700. The van der Waals surface area contributed by atoms with Gasteiger partial charge in [0.25, 0.3) is 0 Å². The Morgan fingerprint density at radius 3 is 2.50 bits per heavy atom. The van der Waals surface area contributed by atoms with Gasteiger partial charge in [-0.1, -0.05) is 0 Å². The SMILES string of the molecule is CN(CC(=O)N1CCC(CO)C1)C1CCNCC1.Cl.Cl. The fourth-order valence-electron chi connectivity index (χ4n) is 2.90. The second kappa shape index (κ2) is 9.79. The number of carbonyl (C=O) groups excluding carboxylic acids is 1. The number of nitrogens with zero attached hydrogens (tertiary/aromatic N) is 2. The van der Waals surface area contributed by atoms with Gasteiger partial charge in [0.2, 0.25) is 5.91 Å². The molecule has 1 atom stereocenters. The van der Waals surface area contributed by atoms with Crippen LogP contribution in [0.5, 0.6) is 0 Å². The standard InChI is InChI=1S/C13H25N3O2.2ClH/c1-15(12-2-5-14-6-3-12)9-13(18)16-7-4-11(8-16)10-17;;/h11-12,14,17H,2-10H2,1H3;2*1H. The van der Waals surface area contributed by atoms with Gasteiger partial charge in [-0.3, -0.25) is 9.69 Å². The molecule has 2 saturated heterocycles. The highest BCUT2D eigenvalue weighted by molar-refractivity contribution is 5.85. The number of rotatable bonds is 4. The highest BCUT2D eigenvalue weighted by atomic mass is 35.5. The average Bonchev–Trinajstić information content (AvgIpc) is 2.88. The van der Waals surface area contributed by atoms with Crippen LogP contribution in [0.15, 0.2) is 0 Å². The van der Waals surface area contributed by atoms with Crippen molar-refractivity contribution in [2.75, 3.05) is 46.4 Å². The first-order valence-corrected chi connectivity index (χ1v) is 7.00. The lowest BCUT2D eigenvalue weighted by Gasteiger charge is -2.32. The number of aliphatic hydroxyl groups is 1. The van der Waals surface area contributed by atoms with Crippen LogP contribution in [0.25, 0.3) is 0 Å². The summed E-state index contributed by atoms with van der Waals surface area (Å²) >= 11 is 0. The van der Waals surface area contributed by atoms with Gasteiger partial charge >= 0.3 is 0 Å². The fraction of sp³-hybridized carbons (Fsp3) is 0.923. The van der Waals surface area contributed by atoms with Crippen LogP contribution in [0.2, 0.25) is 0 Å². The average molecular weight is 328 g/mol. The zero-order chi connectivity index (χ0) is 13.0. The number of halogens is 2. The highest BCUT2D eigenvalue weighted by Gasteiger charge is 2.27. The minimum atomic E-state index is 0. The molecule has 2 aliphatic heterocycles. The van der Waals surface area contributed by atoms with Gasteiger partial charge in [-0.05, 0) is 39.4 Å². The van der Waals surface area contributed by atoms with E-state index in [0.717, 1.165) is 45.4 Å². The quantitative estimate of drug-likeness (QED) is 0.782. The van der Waals surface area contributed by atoms with E-state index in [1.807, 2.05) is 11.9 Å². The van der Waals surface area contributed by atoms with Crippen LogP contribution in [0.4, 0.5) is 0 Å². The van der Waals surface area contributed by atoms with Crippen LogP contribution in [-0.4, -0.2) is 73.2 Å². The maximum atomic E-state index is 12.1. The normalized spacial score (nSPS) is 23.4. The first-order valence-electron chi connectivity index (χ1n) is 7.00. The maximum Gasteiger partial charge on any atom is 0.236 e. The summed E-state index contributed by atoms with van der Waals surface area (Å²) in [4.78, 5) is 16.2. The Morgan fingerprint density at radius 2 is 1.95 bits per heavy atom. The molecule has 7 heteroatoms.